The molecule has 0 aliphatic carbocycles. The lowest BCUT2D eigenvalue weighted by Crippen LogP contribution is -2.41. The summed E-state index contributed by atoms with van der Waals surface area (Å²) in [5.74, 6) is -1.17. The lowest BCUT2D eigenvalue weighted by molar-refractivity contribution is -0.137. The van der Waals surface area contributed by atoms with E-state index in [-0.39, 0.29) is 12.2 Å². The van der Waals surface area contributed by atoms with Crippen molar-refractivity contribution < 1.29 is 19.2 Å². The Morgan fingerprint density at radius 2 is 1.86 bits per heavy atom. The number of carbonyl (C=O) groups is 1. The van der Waals surface area contributed by atoms with Crippen LogP contribution in [0.25, 0.3) is 0 Å². The maximum atomic E-state index is 11.2. The molecule has 1 heterocycles. The summed E-state index contributed by atoms with van der Waals surface area (Å²) in [7, 11) is -0.552. The Morgan fingerprint density at radius 1 is 1.29 bits per heavy atom. The van der Waals surface area contributed by atoms with Crippen LogP contribution in [0.3, 0.4) is 0 Å². The van der Waals surface area contributed by atoms with Gasteiger partial charge < -0.3 is 14.4 Å². The summed E-state index contributed by atoms with van der Waals surface area (Å²) in [6.07, 6.45) is -0.0169. The van der Waals surface area contributed by atoms with E-state index in [1.54, 1.807) is 0 Å². The third kappa shape index (κ3) is 3.60. The van der Waals surface area contributed by atoms with Crippen LogP contribution in [0, 0.1) is 3.57 Å². The zero-order chi connectivity index (χ0) is 15.8. The summed E-state index contributed by atoms with van der Waals surface area (Å²) in [5, 5.41) is 9.22. The van der Waals surface area contributed by atoms with E-state index in [9.17, 15) is 9.90 Å². The highest BCUT2D eigenvalue weighted by Gasteiger charge is 2.54. The molecule has 4 nitrogen and oxygen atoms in total. The van der Waals surface area contributed by atoms with E-state index in [1.165, 1.54) is 0 Å². The standard InChI is InChI=1S/C15H20BIO4/c1-14(2)15(3,4)21-16(20-14)12(9-13(18)19)10-6-5-7-11(17)8-10/h5-8,12H,9H2,1-4H3,(H,18,19). The van der Waals surface area contributed by atoms with Gasteiger partial charge in [0, 0.05) is 9.39 Å². The van der Waals surface area contributed by atoms with Crippen LogP contribution < -0.4 is 0 Å². The molecule has 0 amide bonds. The Labute approximate surface area is 139 Å². The molecule has 2 rings (SSSR count). The van der Waals surface area contributed by atoms with Gasteiger partial charge >= 0.3 is 13.1 Å². The lowest BCUT2D eigenvalue weighted by atomic mass is 9.66. The first-order chi connectivity index (χ1) is 9.62. The number of halogens is 1. The monoisotopic (exact) mass is 402 g/mol. The van der Waals surface area contributed by atoms with Crippen LogP contribution in [0.5, 0.6) is 0 Å². The zero-order valence-corrected chi connectivity index (χ0v) is 14.9. The van der Waals surface area contributed by atoms with E-state index >= 15 is 0 Å². The number of rotatable bonds is 4. The molecule has 0 spiro atoms. The van der Waals surface area contributed by atoms with Crippen molar-refractivity contribution in [3.63, 3.8) is 0 Å². The van der Waals surface area contributed by atoms with Crippen molar-refractivity contribution >= 4 is 35.7 Å². The SMILES string of the molecule is CC1(C)OB(C(CC(=O)O)c2cccc(I)c2)OC1(C)C. The van der Waals surface area contributed by atoms with Crippen LogP contribution in [0.4, 0.5) is 0 Å². The van der Waals surface area contributed by atoms with Gasteiger partial charge in [-0.3, -0.25) is 4.79 Å². The number of hydrogen-bond acceptors (Lipinski definition) is 3. The Kier molecular flexibility index (Phi) is 4.70. The molecule has 0 radical (unpaired) electrons. The fourth-order valence-corrected chi connectivity index (χ4v) is 2.92. The lowest BCUT2D eigenvalue weighted by Gasteiger charge is -2.32. The van der Waals surface area contributed by atoms with E-state index in [0.717, 1.165) is 9.13 Å². The second kappa shape index (κ2) is 5.89. The van der Waals surface area contributed by atoms with Gasteiger partial charge in [-0.2, -0.15) is 0 Å². The Hall–Kier alpha value is -0.595. The number of hydrogen-bond donors (Lipinski definition) is 1. The van der Waals surface area contributed by atoms with Gasteiger partial charge in [-0.05, 0) is 68.0 Å². The summed E-state index contributed by atoms with van der Waals surface area (Å²) in [5.41, 5.74) is 0.00925. The molecule has 1 aromatic rings. The molecule has 1 aromatic carbocycles. The summed E-state index contributed by atoms with van der Waals surface area (Å²) < 4.78 is 13.1. The first-order valence-electron chi connectivity index (χ1n) is 6.95. The number of carboxylic acids is 1. The number of benzene rings is 1. The summed E-state index contributed by atoms with van der Waals surface area (Å²) in [4.78, 5) is 11.2. The molecule has 1 atom stereocenters. The average Bonchev–Trinajstić information content (AvgIpc) is 2.55. The minimum atomic E-state index is -0.853. The molecular formula is C15H20BIO4. The Balaban J connectivity index is 2.32. The highest BCUT2D eigenvalue weighted by Crippen LogP contribution is 2.41. The maximum absolute atomic E-state index is 11.2. The van der Waals surface area contributed by atoms with Crippen molar-refractivity contribution in [2.45, 2.75) is 51.1 Å². The maximum Gasteiger partial charge on any atom is 0.466 e. The third-order valence-corrected chi connectivity index (χ3v) is 4.94. The highest BCUT2D eigenvalue weighted by atomic mass is 127. The van der Waals surface area contributed by atoms with Crippen LogP contribution in [0.1, 0.15) is 45.5 Å². The van der Waals surface area contributed by atoms with E-state index in [0.29, 0.717) is 0 Å². The summed E-state index contributed by atoms with van der Waals surface area (Å²) >= 11 is 2.22. The van der Waals surface area contributed by atoms with Crippen molar-refractivity contribution in [3.05, 3.63) is 33.4 Å². The van der Waals surface area contributed by atoms with Crippen LogP contribution in [0.15, 0.2) is 24.3 Å². The van der Waals surface area contributed by atoms with Crippen LogP contribution in [0.2, 0.25) is 0 Å². The molecule has 0 aromatic heterocycles. The highest BCUT2D eigenvalue weighted by molar-refractivity contribution is 14.1. The first kappa shape index (κ1) is 16.8. The molecule has 1 saturated heterocycles. The predicted octanol–water partition coefficient (Wildman–Crippen LogP) is 3.48. The van der Waals surface area contributed by atoms with E-state index in [1.807, 2.05) is 52.0 Å². The first-order valence-corrected chi connectivity index (χ1v) is 8.03. The molecule has 1 aliphatic rings. The average molecular weight is 402 g/mol. The van der Waals surface area contributed by atoms with Crippen molar-refractivity contribution in [2.75, 3.05) is 0 Å². The fourth-order valence-electron chi connectivity index (χ4n) is 2.35. The molecule has 0 saturated carbocycles. The molecule has 1 aliphatic heterocycles. The fraction of sp³-hybridized carbons (Fsp3) is 0.533. The molecule has 114 valence electrons. The van der Waals surface area contributed by atoms with Gasteiger partial charge in [-0.25, -0.2) is 0 Å². The van der Waals surface area contributed by atoms with Gasteiger partial charge in [0.25, 0.3) is 0 Å². The van der Waals surface area contributed by atoms with Crippen LogP contribution in [-0.4, -0.2) is 29.4 Å². The zero-order valence-electron chi connectivity index (χ0n) is 12.7. The van der Waals surface area contributed by atoms with Gasteiger partial charge in [-0.15, -0.1) is 0 Å². The van der Waals surface area contributed by atoms with Gasteiger partial charge in [0.2, 0.25) is 0 Å². The van der Waals surface area contributed by atoms with E-state index in [2.05, 4.69) is 22.6 Å². The van der Waals surface area contributed by atoms with Crippen LogP contribution in [-0.2, 0) is 14.1 Å². The second-order valence-electron chi connectivity index (χ2n) is 6.38. The summed E-state index contributed by atoms with van der Waals surface area (Å²) in [6, 6.07) is 7.82. The molecule has 1 fully saturated rings. The van der Waals surface area contributed by atoms with Crippen molar-refractivity contribution in [1.82, 2.24) is 0 Å². The minimum absolute atomic E-state index is 0.0169. The molecule has 1 unspecified atom stereocenters. The molecule has 21 heavy (non-hydrogen) atoms. The predicted molar refractivity (Wildman–Crippen MR) is 90.2 cm³/mol. The van der Waals surface area contributed by atoms with Crippen LogP contribution >= 0.6 is 22.6 Å². The normalized spacial score (nSPS) is 21.3. The van der Waals surface area contributed by atoms with Gasteiger partial charge in [0.05, 0.1) is 17.6 Å². The van der Waals surface area contributed by atoms with Gasteiger partial charge in [-0.1, -0.05) is 12.1 Å². The van der Waals surface area contributed by atoms with Gasteiger partial charge in [0.1, 0.15) is 0 Å². The molecule has 6 heteroatoms. The number of carboxylic acid groups (broad SMARTS) is 1. The summed E-state index contributed by atoms with van der Waals surface area (Å²) in [6.45, 7) is 7.89. The van der Waals surface area contributed by atoms with Gasteiger partial charge in [0.15, 0.2) is 0 Å². The van der Waals surface area contributed by atoms with E-state index in [4.69, 9.17) is 9.31 Å². The minimum Gasteiger partial charge on any atom is -0.481 e. The third-order valence-electron chi connectivity index (χ3n) is 4.27. The topological polar surface area (TPSA) is 55.8 Å². The Bertz CT molecular complexity index is 528. The second-order valence-corrected chi connectivity index (χ2v) is 7.63. The Morgan fingerprint density at radius 3 is 2.33 bits per heavy atom. The number of aliphatic carboxylic acids is 1. The van der Waals surface area contributed by atoms with Crippen molar-refractivity contribution in [2.24, 2.45) is 0 Å². The van der Waals surface area contributed by atoms with Crippen molar-refractivity contribution in [3.8, 4) is 0 Å². The quantitative estimate of drug-likeness (QED) is 0.619. The van der Waals surface area contributed by atoms with E-state index < -0.39 is 24.3 Å². The molecular weight excluding hydrogens is 382 g/mol. The largest absolute Gasteiger partial charge is 0.481 e. The smallest absolute Gasteiger partial charge is 0.466 e. The molecule has 0 bridgehead atoms. The molecule has 1 N–H and O–H groups in total. The van der Waals surface area contributed by atoms with Crippen molar-refractivity contribution in [1.29, 1.82) is 0 Å².